The quantitative estimate of drug-likeness (QED) is 0.838. The molecule has 0 aromatic heterocycles. The number of hydrogen-bond donors (Lipinski definition) is 1. The average molecular weight is 289 g/mol. The number of nitrogens with one attached hydrogen (secondary N) is 1. The highest BCUT2D eigenvalue weighted by atomic mass is 16.5. The number of methoxy groups -OCH3 is 1. The van der Waals surface area contributed by atoms with Crippen LogP contribution in [0.15, 0.2) is 18.2 Å². The Hall–Kier alpha value is -1.51. The van der Waals surface area contributed by atoms with Crippen molar-refractivity contribution in [2.75, 3.05) is 7.11 Å². The first kappa shape index (κ1) is 15.9. The fourth-order valence-electron chi connectivity index (χ4n) is 3.08. The predicted molar refractivity (Wildman–Crippen MR) is 85.7 cm³/mol. The van der Waals surface area contributed by atoms with E-state index in [9.17, 15) is 4.79 Å². The van der Waals surface area contributed by atoms with Gasteiger partial charge in [-0.15, -0.1) is 0 Å². The van der Waals surface area contributed by atoms with Crippen molar-refractivity contribution in [1.29, 1.82) is 0 Å². The summed E-state index contributed by atoms with van der Waals surface area (Å²) < 4.78 is 5.26. The topological polar surface area (TPSA) is 38.3 Å². The van der Waals surface area contributed by atoms with Crippen LogP contribution in [0.4, 0.5) is 0 Å². The third-order valence-corrected chi connectivity index (χ3v) is 4.32. The summed E-state index contributed by atoms with van der Waals surface area (Å²) in [4.78, 5) is 12.1. The summed E-state index contributed by atoms with van der Waals surface area (Å²) in [5.41, 5.74) is 2.32. The van der Waals surface area contributed by atoms with Gasteiger partial charge < -0.3 is 10.1 Å². The number of carbonyl (C=O) groups excluding carboxylic acids is 1. The van der Waals surface area contributed by atoms with Crippen molar-refractivity contribution in [2.24, 2.45) is 0 Å². The molecular weight excluding hydrogens is 262 g/mol. The summed E-state index contributed by atoms with van der Waals surface area (Å²) in [5.74, 6) is 1.09. The van der Waals surface area contributed by atoms with Gasteiger partial charge in [-0.25, -0.2) is 0 Å². The number of rotatable bonds is 5. The third-order valence-electron chi connectivity index (χ3n) is 4.32. The van der Waals surface area contributed by atoms with Crippen molar-refractivity contribution in [2.45, 2.75) is 64.3 Å². The molecule has 1 aliphatic carbocycles. The molecule has 21 heavy (non-hydrogen) atoms. The zero-order valence-electron chi connectivity index (χ0n) is 13.3. The molecule has 3 heteroatoms. The highest BCUT2D eigenvalue weighted by Crippen LogP contribution is 2.20. The minimum atomic E-state index is 0.190. The van der Waals surface area contributed by atoms with E-state index in [1.165, 1.54) is 31.2 Å². The zero-order valence-corrected chi connectivity index (χ0v) is 13.3. The lowest BCUT2D eigenvalue weighted by Crippen LogP contribution is -2.34. The Morgan fingerprint density at radius 2 is 1.95 bits per heavy atom. The van der Waals surface area contributed by atoms with Crippen LogP contribution in [-0.4, -0.2) is 19.1 Å². The van der Waals surface area contributed by atoms with Crippen LogP contribution in [0.2, 0.25) is 0 Å². The van der Waals surface area contributed by atoms with E-state index in [2.05, 4.69) is 11.4 Å². The van der Waals surface area contributed by atoms with Crippen molar-refractivity contribution in [3.05, 3.63) is 29.3 Å². The van der Waals surface area contributed by atoms with Crippen LogP contribution >= 0.6 is 0 Å². The lowest BCUT2D eigenvalue weighted by Gasteiger charge is -2.16. The molecule has 116 valence electrons. The first-order valence-corrected chi connectivity index (χ1v) is 8.12. The second-order valence-corrected chi connectivity index (χ2v) is 6.06. The molecule has 1 fully saturated rings. The van der Waals surface area contributed by atoms with Gasteiger partial charge in [-0.2, -0.15) is 0 Å². The maximum absolute atomic E-state index is 12.1. The van der Waals surface area contributed by atoms with Crippen LogP contribution in [-0.2, 0) is 11.2 Å². The number of ether oxygens (including phenoxy) is 1. The maximum Gasteiger partial charge on any atom is 0.220 e. The molecule has 3 nitrogen and oxygen atoms in total. The van der Waals surface area contributed by atoms with Gasteiger partial charge in [0.1, 0.15) is 5.75 Å². The number of hydrogen-bond acceptors (Lipinski definition) is 2. The van der Waals surface area contributed by atoms with Crippen LogP contribution in [0.3, 0.4) is 0 Å². The molecule has 1 amide bonds. The van der Waals surface area contributed by atoms with Gasteiger partial charge in [0.25, 0.3) is 0 Å². The molecule has 0 bridgehead atoms. The largest absolute Gasteiger partial charge is 0.496 e. The Labute approximate surface area is 128 Å². The van der Waals surface area contributed by atoms with Crippen molar-refractivity contribution in [3.63, 3.8) is 0 Å². The van der Waals surface area contributed by atoms with E-state index < -0.39 is 0 Å². The van der Waals surface area contributed by atoms with Crippen molar-refractivity contribution >= 4 is 5.91 Å². The lowest BCUT2D eigenvalue weighted by atomic mass is 10.1. The molecule has 1 aliphatic rings. The van der Waals surface area contributed by atoms with Crippen molar-refractivity contribution in [1.82, 2.24) is 5.32 Å². The van der Waals surface area contributed by atoms with Crippen LogP contribution in [0.25, 0.3) is 0 Å². The van der Waals surface area contributed by atoms with E-state index in [4.69, 9.17) is 4.74 Å². The summed E-state index contributed by atoms with van der Waals surface area (Å²) in [6.45, 7) is 2.04. The number of amides is 1. The molecule has 2 rings (SSSR count). The smallest absolute Gasteiger partial charge is 0.220 e. The van der Waals surface area contributed by atoms with Crippen LogP contribution in [0, 0.1) is 6.92 Å². The summed E-state index contributed by atoms with van der Waals surface area (Å²) >= 11 is 0. The minimum absolute atomic E-state index is 0.190. The standard InChI is InChI=1S/C18H27NO2/c1-14-13-15(9-11-17(14)21-2)10-12-18(20)19-16-7-5-3-4-6-8-16/h9,11,13,16H,3-8,10,12H2,1-2H3,(H,19,20). The van der Waals surface area contributed by atoms with E-state index in [-0.39, 0.29) is 5.91 Å². The minimum Gasteiger partial charge on any atom is -0.496 e. The third kappa shape index (κ3) is 5.07. The Morgan fingerprint density at radius 3 is 2.57 bits per heavy atom. The molecule has 0 saturated heterocycles. The molecule has 1 saturated carbocycles. The number of benzene rings is 1. The van der Waals surface area contributed by atoms with Crippen molar-refractivity contribution < 1.29 is 9.53 Å². The van der Waals surface area contributed by atoms with E-state index in [1.54, 1.807) is 7.11 Å². The highest BCUT2D eigenvalue weighted by Gasteiger charge is 2.14. The van der Waals surface area contributed by atoms with Crippen LogP contribution in [0.5, 0.6) is 5.75 Å². The van der Waals surface area contributed by atoms with E-state index >= 15 is 0 Å². The zero-order chi connectivity index (χ0) is 15.1. The molecule has 0 unspecified atom stereocenters. The van der Waals surface area contributed by atoms with Gasteiger partial charge in [-0.05, 0) is 43.4 Å². The second kappa shape index (κ2) is 8.06. The molecule has 0 aliphatic heterocycles. The summed E-state index contributed by atoms with van der Waals surface area (Å²) in [6.07, 6.45) is 8.80. The first-order valence-electron chi connectivity index (χ1n) is 8.12. The summed E-state index contributed by atoms with van der Waals surface area (Å²) in [5, 5.41) is 3.20. The van der Waals surface area contributed by atoms with Crippen LogP contribution in [0.1, 0.15) is 56.1 Å². The fourth-order valence-corrected chi connectivity index (χ4v) is 3.08. The van der Waals surface area contributed by atoms with Gasteiger partial charge in [-0.3, -0.25) is 4.79 Å². The SMILES string of the molecule is COc1ccc(CCC(=O)NC2CCCCCC2)cc1C. The summed E-state index contributed by atoms with van der Waals surface area (Å²) in [6, 6.07) is 6.54. The molecule has 0 radical (unpaired) electrons. The fraction of sp³-hybridized carbons (Fsp3) is 0.611. The van der Waals surface area contributed by atoms with Gasteiger partial charge in [0.05, 0.1) is 7.11 Å². The van der Waals surface area contributed by atoms with Gasteiger partial charge in [-0.1, -0.05) is 37.8 Å². The molecule has 0 heterocycles. The molecule has 0 spiro atoms. The molecule has 0 atom stereocenters. The first-order chi connectivity index (χ1) is 10.2. The number of carbonyl (C=O) groups is 1. The van der Waals surface area contributed by atoms with Gasteiger partial charge in [0.15, 0.2) is 0 Å². The van der Waals surface area contributed by atoms with Crippen LogP contribution < -0.4 is 10.1 Å². The molecular formula is C18H27NO2. The molecule has 1 aromatic rings. The van der Waals surface area contributed by atoms with Crippen molar-refractivity contribution in [3.8, 4) is 5.75 Å². The molecule has 1 aromatic carbocycles. The monoisotopic (exact) mass is 289 g/mol. The summed E-state index contributed by atoms with van der Waals surface area (Å²) in [7, 11) is 1.68. The predicted octanol–water partition coefficient (Wildman–Crippen LogP) is 3.78. The van der Waals surface area contributed by atoms with E-state index in [0.717, 1.165) is 30.6 Å². The van der Waals surface area contributed by atoms with E-state index in [1.807, 2.05) is 19.1 Å². The van der Waals surface area contributed by atoms with E-state index in [0.29, 0.717) is 12.5 Å². The normalized spacial score (nSPS) is 16.3. The van der Waals surface area contributed by atoms with Gasteiger partial charge >= 0.3 is 0 Å². The highest BCUT2D eigenvalue weighted by molar-refractivity contribution is 5.76. The Bertz CT molecular complexity index is 462. The average Bonchev–Trinajstić information content (AvgIpc) is 2.74. The van der Waals surface area contributed by atoms with Gasteiger partial charge in [0, 0.05) is 12.5 Å². The second-order valence-electron chi connectivity index (χ2n) is 6.06. The Kier molecular flexibility index (Phi) is 6.09. The Morgan fingerprint density at radius 1 is 1.24 bits per heavy atom. The van der Waals surface area contributed by atoms with Gasteiger partial charge in [0.2, 0.25) is 5.91 Å². The lowest BCUT2D eigenvalue weighted by molar-refractivity contribution is -0.121. The number of aryl methyl sites for hydroxylation is 2. The maximum atomic E-state index is 12.1. The molecule has 1 N–H and O–H groups in total. The Balaban J connectivity index is 1.79.